The highest BCUT2D eigenvalue weighted by molar-refractivity contribution is 5.77. The van der Waals surface area contributed by atoms with Crippen LogP contribution in [0, 0.1) is 11.6 Å². The summed E-state index contributed by atoms with van der Waals surface area (Å²) in [4.78, 5) is 8.75. The first-order valence-electron chi connectivity index (χ1n) is 11.5. The first-order chi connectivity index (χ1) is 17.0. The van der Waals surface area contributed by atoms with Crippen molar-refractivity contribution in [1.82, 2.24) is 19.7 Å². The normalized spacial score (nSPS) is 17.9. The van der Waals surface area contributed by atoms with Crippen LogP contribution < -0.4 is 5.73 Å². The molecule has 2 heterocycles. The smallest absolute Gasteiger partial charge is 0.169 e. The summed E-state index contributed by atoms with van der Waals surface area (Å²) in [5, 5.41) is 4.48. The van der Waals surface area contributed by atoms with E-state index in [2.05, 4.69) is 22.0 Å². The van der Waals surface area contributed by atoms with Crippen LogP contribution in [0.25, 0.3) is 28.3 Å². The van der Waals surface area contributed by atoms with Crippen molar-refractivity contribution in [1.29, 1.82) is 0 Å². The van der Waals surface area contributed by atoms with Crippen molar-refractivity contribution in [2.24, 2.45) is 5.73 Å². The van der Waals surface area contributed by atoms with E-state index in [4.69, 9.17) is 10.5 Å². The Morgan fingerprint density at radius 2 is 1.86 bits per heavy atom. The third-order valence-electron chi connectivity index (χ3n) is 6.00. The highest BCUT2D eigenvalue weighted by Crippen LogP contribution is 2.34. The van der Waals surface area contributed by atoms with Crippen LogP contribution in [0.4, 0.5) is 8.78 Å². The van der Waals surface area contributed by atoms with Crippen LogP contribution in [0.3, 0.4) is 0 Å². The van der Waals surface area contributed by atoms with E-state index in [0.29, 0.717) is 31.0 Å². The average Bonchev–Trinajstić information content (AvgIpc) is 3.28. The number of nitrogens with zero attached hydrogens (tertiary/aromatic N) is 4. The van der Waals surface area contributed by atoms with Gasteiger partial charge in [-0.05, 0) is 30.2 Å². The topological polar surface area (TPSA) is 78.8 Å². The molecule has 0 spiro atoms. The summed E-state index contributed by atoms with van der Waals surface area (Å²) in [6.45, 7) is 3.03. The van der Waals surface area contributed by atoms with Crippen LogP contribution in [-0.4, -0.2) is 32.0 Å². The largest absolute Gasteiger partial charge is 0.401 e. The minimum Gasteiger partial charge on any atom is -0.401 e. The number of aromatic nitrogens is 4. The molecule has 1 atom stereocenters. The Labute approximate surface area is 202 Å². The van der Waals surface area contributed by atoms with Crippen molar-refractivity contribution in [3.63, 3.8) is 0 Å². The monoisotopic (exact) mass is 473 g/mol. The molecule has 0 saturated carbocycles. The molecule has 0 fully saturated rings. The van der Waals surface area contributed by atoms with E-state index >= 15 is 0 Å². The van der Waals surface area contributed by atoms with E-state index in [9.17, 15) is 8.78 Å². The molecule has 0 amide bonds. The first kappa shape index (κ1) is 22.9. The summed E-state index contributed by atoms with van der Waals surface area (Å²) in [5.41, 5.74) is 9.66. The van der Waals surface area contributed by atoms with E-state index < -0.39 is 17.2 Å². The second-order valence-corrected chi connectivity index (χ2v) is 8.62. The minimum absolute atomic E-state index is 0.0112. The average molecular weight is 474 g/mol. The Morgan fingerprint density at radius 1 is 1.06 bits per heavy atom. The lowest BCUT2D eigenvalue weighted by Gasteiger charge is -2.35. The third-order valence-corrected chi connectivity index (χ3v) is 6.00. The van der Waals surface area contributed by atoms with Gasteiger partial charge in [0.2, 0.25) is 0 Å². The molecule has 178 valence electrons. The van der Waals surface area contributed by atoms with Gasteiger partial charge >= 0.3 is 0 Å². The molecule has 2 aromatic carbocycles. The van der Waals surface area contributed by atoms with Gasteiger partial charge in [-0.1, -0.05) is 49.4 Å². The standard InChI is InChI=1S/C27H25F2N5O/c1-2-13-35-27(12-11-19(22(30)14-27)18-7-4-3-5-8-18)17-34-16-24-23(15-31-34)32-26(33-24)20-9-6-10-21(28)25(20)29/h3-12,15-16H,2,13-14,17,30H2,1H3. The van der Waals surface area contributed by atoms with Gasteiger partial charge in [0.1, 0.15) is 17.0 Å². The molecule has 6 nitrogen and oxygen atoms in total. The molecule has 35 heavy (non-hydrogen) atoms. The van der Waals surface area contributed by atoms with Crippen LogP contribution >= 0.6 is 0 Å². The van der Waals surface area contributed by atoms with E-state index in [1.54, 1.807) is 17.1 Å². The van der Waals surface area contributed by atoms with E-state index in [0.717, 1.165) is 29.3 Å². The van der Waals surface area contributed by atoms with E-state index in [1.807, 2.05) is 42.5 Å². The number of hydrogen-bond donors (Lipinski definition) is 1. The lowest BCUT2D eigenvalue weighted by Crippen LogP contribution is -2.39. The molecular formula is C27H25F2N5O. The summed E-state index contributed by atoms with van der Waals surface area (Å²) >= 11 is 0. The predicted octanol–water partition coefficient (Wildman–Crippen LogP) is 5.22. The summed E-state index contributed by atoms with van der Waals surface area (Å²) < 4.78 is 36.0. The zero-order valence-electron chi connectivity index (χ0n) is 19.3. The quantitative estimate of drug-likeness (QED) is 0.398. The highest BCUT2D eigenvalue weighted by Gasteiger charge is 2.33. The van der Waals surface area contributed by atoms with Gasteiger partial charge in [0.25, 0.3) is 0 Å². The number of rotatable bonds is 7. The molecule has 3 aliphatic rings. The molecule has 0 saturated heterocycles. The van der Waals surface area contributed by atoms with Gasteiger partial charge < -0.3 is 10.5 Å². The van der Waals surface area contributed by atoms with Crippen LogP contribution in [0.15, 0.2) is 78.8 Å². The number of benzene rings is 2. The summed E-state index contributed by atoms with van der Waals surface area (Å²) in [7, 11) is 0. The number of nitrogens with two attached hydrogens (primary N) is 1. The van der Waals surface area contributed by atoms with E-state index in [-0.39, 0.29) is 11.4 Å². The summed E-state index contributed by atoms with van der Waals surface area (Å²) in [5.74, 6) is -1.80. The van der Waals surface area contributed by atoms with Gasteiger partial charge in [-0.3, -0.25) is 4.68 Å². The van der Waals surface area contributed by atoms with Gasteiger partial charge in [-0.25, -0.2) is 18.7 Å². The minimum atomic E-state index is -0.973. The maximum absolute atomic E-state index is 14.2. The SMILES string of the molecule is CCCOC1(Cn2cc3nc(-c4cccc(F)c4F)nc-3cn2)C=CC(c2ccccc2)=C(N)C1. The lowest BCUT2D eigenvalue weighted by molar-refractivity contribution is -0.0233. The highest BCUT2D eigenvalue weighted by atomic mass is 19.2. The van der Waals surface area contributed by atoms with Crippen LogP contribution in [0.1, 0.15) is 25.3 Å². The van der Waals surface area contributed by atoms with Crippen molar-refractivity contribution < 1.29 is 13.5 Å². The number of imidazole rings is 1. The zero-order chi connectivity index (χ0) is 24.4. The number of ether oxygens (including phenoxy) is 1. The Kier molecular flexibility index (Phi) is 6.13. The molecule has 0 aromatic heterocycles. The number of allylic oxidation sites excluding steroid dienone is 2. The molecule has 2 N–H and O–H groups in total. The van der Waals surface area contributed by atoms with Gasteiger partial charge in [-0.15, -0.1) is 0 Å². The molecule has 5 rings (SSSR count). The van der Waals surface area contributed by atoms with Gasteiger partial charge in [0, 0.05) is 24.3 Å². The molecule has 0 radical (unpaired) electrons. The Hall–Kier alpha value is -3.91. The Bertz CT molecular complexity index is 1380. The Morgan fingerprint density at radius 3 is 2.63 bits per heavy atom. The summed E-state index contributed by atoms with van der Waals surface area (Å²) in [6.07, 6.45) is 8.73. The number of halogens is 2. The molecule has 1 aliphatic carbocycles. The third kappa shape index (κ3) is 4.57. The second-order valence-electron chi connectivity index (χ2n) is 8.62. The van der Waals surface area contributed by atoms with Crippen molar-refractivity contribution in [3.05, 3.63) is 96.0 Å². The van der Waals surface area contributed by atoms with Gasteiger partial charge in [0.05, 0.1) is 24.5 Å². The van der Waals surface area contributed by atoms with Crippen LogP contribution in [0.5, 0.6) is 0 Å². The van der Waals surface area contributed by atoms with Gasteiger partial charge in [-0.2, -0.15) is 5.10 Å². The van der Waals surface area contributed by atoms with Crippen LogP contribution in [-0.2, 0) is 11.3 Å². The Balaban J connectivity index is 1.45. The van der Waals surface area contributed by atoms with Gasteiger partial charge in [0.15, 0.2) is 17.5 Å². The summed E-state index contributed by atoms with van der Waals surface area (Å²) in [6, 6.07) is 14.0. The van der Waals surface area contributed by atoms with Crippen molar-refractivity contribution in [2.75, 3.05) is 6.61 Å². The number of fused-ring (bicyclic) bond motifs is 1. The fraction of sp³-hybridized carbons (Fsp3) is 0.222. The fourth-order valence-electron chi connectivity index (χ4n) is 4.30. The molecule has 0 bridgehead atoms. The molecule has 2 aromatic rings. The van der Waals surface area contributed by atoms with Crippen molar-refractivity contribution in [2.45, 2.75) is 31.9 Å². The number of hydrogen-bond acceptors (Lipinski definition) is 5. The lowest BCUT2D eigenvalue weighted by atomic mass is 9.86. The zero-order valence-corrected chi connectivity index (χ0v) is 19.3. The maximum Gasteiger partial charge on any atom is 0.169 e. The second kappa shape index (κ2) is 9.38. The molecule has 8 heteroatoms. The van der Waals surface area contributed by atoms with Crippen molar-refractivity contribution in [3.8, 4) is 22.8 Å². The molecule has 1 unspecified atom stereocenters. The first-order valence-corrected chi connectivity index (χ1v) is 11.5. The molecular weight excluding hydrogens is 448 g/mol. The van der Waals surface area contributed by atoms with E-state index in [1.165, 1.54) is 12.1 Å². The maximum atomic E-state index is 14.2. The van der Waals surface area contributed by atoms with Crippen molar-refractivity contribution >= 4 is 5.57 Å². The van der Waals surface area contributed by atoms with Crippen LogP contribution in [0.2, 0.25) is 0 Å². The fourth-order valence-corrected chi connectivity index (χ4v) is 4.30. The molecule has 2 aliphatic heterocycles. The predicted molar refractivity (Wildman–Crippen MR) is 130 cm³/mol.